The minimum absolute atomic E-state index is 0.193. The van der Waals surface area contributed by atoms with Crippen LogP contribution < -0.4 is 15.4 Å². The molecule has 2 rings (SSSR count). The lowest BCUT2D eigenvalue weighted by molar-refractivity contribution is -0.120. The average Bonchev–Trinajstić information content (AvgIpc) is 2.32. The van der Waals surface area contributed by atoms with Crippen molar-refractivity contribution in [2.75, 3.05) is 11.9 Å². The molecule has 2 atom stereocenters. The van der Waals surface area contributed by atoms with Crippen LogP contribution in [-0.2, 0) is 4.79 Å². The van der Waals surface area contributed by atoms with Crippen molar-refractivity contribution in [3.05, 3.63) is 16.7 Å². The minimum atomic E-state index is -0.669. The number of nitrogens with zero attached hydrogens (tertiary/aromatic N) is 2. The van der Waals surface area contributed by atoms with Crippen molar-refractivity contribution in [3.63, 3.8) is 0 Å². The van der Waals surface area contributed by atoms with Crippen LogP contribution in [0.15, 0.2) is 16.7 Å². The van der Waals surface area contributed by atoms with Gasteiger partial charge in [-0.2, -0.15) is 0 Å². The zero-order chi connectivity index (χ0) is 11.9. The van der Waals surface area contributed by atoms with Crippen LogP contribution in [0.25, 0.3) is 0 Å². The lowest BCUT2D eigenvalue weighted by Crippen LogP contribution is -2.48. The Hall–Kier alpha value is -1.14. The van der Waals surface area contributed by atoms with Gasteiger partial charge in [0.15, 0.2) is 11.6 Å². The minimum Gasteiger partial charge on any atom is -0.485 e. The SMILES string of the molecule is C[C@H]1Oc2cc(Br)cnc2N(C)C(=O)[C@H]1N. The number of amides is 1. The third-order valence-corrected chi connectivity index (χ3v) is 2.99. The Balaban J connectivity index is 2.51. The van der Waals surface area contributed by atoms with Gasteiger partial charge in [-0.15, -0.1) is 0 Å². The van der Waals surface area contributed by atoms with Crippen LogP contribution >= 0.6 is 15.9 Å². The van der Waals surface area contributed by atoms with Crippen LogP contribution in [0.3, 0.4) is 0 Å². The fraction of sp³-hybridized carbons (Fsp3) is 0.400. The highest BCUT2D eigenvalue weighted by atomic mass is 79.9. The van der Waals surface area contributed by atoms with E-state index in [1.165, 1.54) is 4.90 Å². The fourth-order valence-electron chi connectivity index (χ4n) is 1.55. The number of rotatable bonds is 0. The Kier molecular flexibility index (Phi) is 2.86. The number of anilines is 1. The van der Waals surface area contributed by atoms with E-state index in [4.69, 9.17) is 10.5 Å². The summed E-state index contributed by atoms with van der Waals surface area (Å²) in [6.07, 6.45) is 1.25. The van der Waals surface area contributed by atoms with Crippen molar-refractivity contribution in [2.45, 2.75) is 19.1 Å². The Morgan fingerprint density at radius 1 is 1.62 bits per heavy atom. The molecule has 0 fully saturated rings. The molecule has 16 heavy (non-hydrogen) atoms. The summed E-state index contributed by atoms with van der Waals surface area (Å²) >= 11 is 3.31. The molecule has 1 aliphatic heterocycles. The monoisotopic (exact) mass is 285 g/mol. The number of likely N-dealkylation sites (N-methyl/N-ethyl adjacent to an activating group) is 1. The number of ether oxygens (including phenoxy) is 1. The Labute approximate surface area is 102 Å². The van der Waals surface area contributed by atoms with Crippen molar-refractivity contribution in [2.24, 2.45) is 5.73 Å². The molecule has 1 amide bonds. The van der Waals surface area contributed by atoms with Gasteiger partial charge >= 0.3 is 0 Å². The smallest absolute Gasteiger partial charge is 0.248 e. The number of halogens is 1. The molecule has 0 spiro atoms. The maximum absolute atomic E-state index is 11.9. The number of pyridine rings is 1. The summed E-state index contributed by atoms with van der Waals surface area (Å²) in [5.74, 6) is 0.861. The first kappa shape index (κ1) is 11.3. The second-order valence-electron chi connectivity index (χ2n) is 3.72. The van der Waals surface area contributed by atoms with Gasteiger partial charge in [0.2, 0.25) is 5.91 Å². The van der Waals surface area contributed by atoms with Gasteiger partial charge in [0.05, 0.1) is 0 Å². The molecular weight excluding hydrogens is 274 g/mol. The van der Waals surface area contributed by atoms with Gasteiger partial charge in [-0.05, 0) is 28.9 Å². The first-order valence-corrected chi connectivity index (χ1v) is 5.65. The fourth-order valence-corrected chi connectivity index (χ4v) is 1.86. The number of fused-ring (bicyclic) bond motifs is 1. The van der Waals surface area contributed by atoms with E-state index in [9.17, 15) is 4.79 Å². The second kappa shape index (κ2) is 4.03. The summed E-state index contributed by atoms with van der Waals surface area (Å²) in [7, 11) is 1.64. The molecule has 1 aromatic heterocycles. The number of carbonyl (C=O) groups excluding carboxylic acids is 1. The summed E-state index contributed by atoms with van der Waals surface area (Å²) < 4.78 is 6.41. The van der Waals surface area contributed by atoms with Gasteiger partial charge in [0, 0.05) is 17.7 Å². The number of hydrogen-bond donors (Lipinski definition) is 1. The summed E-state index contributed by atoms with van der Waals surface area (Å²) in [5.41, 5.74) is 5.77. The second-order valence-corrected chi connectivity index (χ2v) is 4.64. The molecular formula is C10H12BrN3O2. The molecule has 2 N–H and O–H groups in total. The third kappa shape index (κ3) is 1.78. The van der Waals surface area contributed by atoms with E-state index < -0.39 is 6.04 Å². The van der Waals surface area contributed by atoms with E-state index in [0.29, 0.717) is 11.6 Å². The van der Waals surface area contributed by atoms with Crippen LogP contribution in [0.4, 0.5) is 5.82 Å². The first-order chi connectivity index (χ1) is 7.50. The van der Waals surface area contributed by atoms with Gasteiger partial charge in [-0.3, -0.25) is 9.69 Å². The normalized spacial score (nSPS) is 24.8. The molecule has 6 heteroatoms. The maximum Gasteiger partial charge on any atom is 0.248 e. The van der Waals surface area contributed by atoms with E-state index in [-0.39, 0.29) is 12.0 Å². The predicted molar refractivity (Wildman–Crippen MR) is 63.4 cm³/mol. The molecule has 2 heterocycles. The predicted octanol–water partition coefficient (Wildman–Crippen LogP) is 0.915. The number of hydrogen-bond acceptors (Lipinski definition) is 4. The van der Waals surface area contributed by atoms with Crippen molar-refractivity contribution in [1.29, 1.82) is 0 Å². The topological polar surface area (TPSA) is 68.5 Å². The Morgan fingerprint density at radius 3 is 3.00 bits per heavy atom. The van der Waals surface area contributed by atoms with Gasteiger partial charge in [0.1, 0.15) is 12.1 Å². The van der Waals surface area contributed by atoms with Crippen molar-refractivity contribution in [3.8, 4) is 5.75 Å². The van der Waals surface area contributed by atoms with Crippen molar-refractivity contribution in [1.82, 2.24) is 4.98 Å². The molecule has 0 bridgehead atoms. The highest BCUT2D eigenvalue weighted by molar-refractivity contribution is 9.10. The zero-order valence-corrected chi connectivity index (χ0v) is 10.6. The quantitative estimate of drug-likeness (QED) is 0.770. The third-order valence-electron chi connectivity index (χ3n) is 2.55. The Bertz CT molecular complexity index is 438. The molecule has 0 saturated carbocycles. The summed E-state index contributed by atoms with van der Waals surface area (Å²) in [5, 5.41) is 0. The largest absolute Gasteiger partial charge is 0.485 e. The van der Waals surface area contributed by atoms with Crippen molar-refractivity contribution < 1.29 is 9.53 Å². The highest BCUT2D eigenvalue weighted by Gasteiger charge is 2.32. The molecule has 0 aliphatic carbocycles. The lowest BCUT2D eigenvalue weighted by Gasteiger charge is -2.17. The molecule has 0 radical (unpaired) electrons. The van der Waals surface area contributed by atoms with Gasteiger partial charge < -0.3 is 10.5 Å². The molecule has 86 valence electrons. The standard InChI is InChI=1S/C10H12BrN3O2/c1-5-8(12)10(15)14(2)9-7(16-5)3-6(11)4-13-9/h3-5,8H,12H2,1-2H3/t5-,8+/m1/s1. The van der Waals surface area contributed by atoms with E-state index >= 15 is 0 Å². The van der Waals surface area contributed by atoms with Gasteiger partial charge in [0.25, 0.3) is 0 Å². The number of aromatic nitrogens is 1. The van der Waals surface area contributed by atoms with E-state index in [1.807, 2.05) is 0 Å². The van der Waals surface area contributed by atoms with E-state index in [2.05, 4.69) is 20.9 Å². The summed E-state index contributed by atoms with van der Waals surface area (Å²) in [6, 6.07) is 1.11. The van der Waals surface area contributed by atoms with Crippen LogP contribution in [-0.4, -0.2) is 30.1 Å². The van der Waals surface area contributed by atoms with Crippen LogP contribution in [0.5, 0.6) is 5.75 Å². The van der Waals surface area contributed by atoms with Crippen LogP contribution in [0, 0.1) is 0 Å². The lowest BCUT2D eigenvalue weighted by atomic mass is 10.2. The summed E-state index contributed by atoms with van der Waals surface area (Å²) in [6.45, 7) is 1.77. The summed E-state index contributed by atoms with van der Waals surface area (Å²) in [4.78, 5) is 17.5. The molecule has 0 saturated heterocycles. The average molecular weight is 286 g/mol. The van der Waals surface area contributed by atoms with Gasteiger partial charge in [-0.1, -0.05) is 0 Å². The highest BCUT2D eigenvalue weighted by Crippen LogP contribution is 2.31. The van der Waals surface area contributed by atoms with Crippen LogP contribution in [0.1, 0.15) is 6.92 Å². The van der Waals surface area contributed by atoms with Crippen molar-refractivity contribution >= 4 is 27.7 Å². The Morgan fingerprint density at radius 2 is 2.31 bits per heavy atom. The van der Waals surface area contributed by atoms with E-state index in [0.717, 1.165) is 4.47 Å². The zero-order valence-electron chi connectivity index (χ0n) is 8.98. The molecule has 1 aliphatic rings. The molecule has 5 nitrogen and oxygen atoms in total. The van der Waals surface area contributed by atoms with E-state index in [1.54, 1.807) is 26.2 Å². The first-order valence-electron chi connectivity index (χ1n) is 4.86. The molecule has 1 aromatic rings. The number of nitrogens with two attached hydrogens (primary N) is 1. The molecule has 0 aromatic carbocycles. The maximum atomic E-state index is 11.9. The van der Waals surface area contributed by atoms with Crippen LogP contribution in [0.2, 0.25) is 0 Å². The molecule has 0 unspecified atom stereocenters. The number of carbonyl (C=O) groups is 1. The van der Waals surface area contributed by atoms with Gasteiger partial charge in [-0.25, -0.2) is 4.98 Å².